The fraction of sp³-hybridized carbons (Fsp3) is 0.308. The van der Waals surface area contributed by atoms with Gasteiger partial charge in [0.15, 0.2) is 5.69 Å². The van der Waals surface area contributed by atoms with Crippen LogP contribution in [-0.2, 0) is 30.4 Å². The number of methoxy groups -OCH3 is 1. The number of rotatable bonds is 6. The first-order valence-corrected chi connectivity index (χ1v) is 12.1. The molecule has 0 spiro atoms. The van der Waals surface area contributed by atoms with Gasteiger partial charge >= 0.3 is 6.18 Å². The second-order valence-electron chi connectivity index (χ2n) is 9.17. The molecule has 0 unspecified atom stereocenters. The number of ether oxygens (including phenoxy) is 2. The highest BCUT2D eigenvalue weighted by molar-refractivity contribution is 6.04. The Labute approximate surface area is 219 Å². The van der Waals surface area contributed by atoms with Crippen LogP contribution in [0.25, 0.3) is 16.6 Å². The summed E-state index contributed by atoms with van der Waals surface area (Å²) in [6, 6.07) is 5.19. The largest absolute Gasteiger partial charge is 0.493 e. The molecule has 39 heavy (non-hydrogen) atoms. The molecule has 0 saturated heterocycles. The van der Waals surface area contributed by atoms with E-state index in [1.165, 1.54) is 36.7 Å². The Bertz CT molecular complexity index is 1600. The minimum absolute atomic E-state index is 0.0763. The predicted molar refractivity (Wildman–Crippen MR) is 131 cm³/mol. The number of pyridine rings is 1. The van der Waals surface area contributed by atoms with E-state index >= 15 is 0 Å². The number of alkyl halides is 3. The van der Waals surface area contributed by atoms with Crippen LogP contribution in [-0.4, -0.2) is 57.0 Å². The Hall–Kier alpha value is -4.26. The van der Waals surface area contributed by atoms with Crippen molar-refractivity contribution in [2.75, 3.05) is 32.2 Å². The molecule has 13 heteroatoms. The van der Waals surface area contributed by atoms with E-state index in [0.29, 0.717) is 41.0 Å². The molecule has 0 fully saturated rings. The molecule has 0 atom stereocenters. The summed E-state index contributed by atoms with van der Waals surface area (Å²) in [7, 11) is 1.47. The smallest absolute Gasteiger partial charge is 0.433 e. The molecule has 202 valence electrons. The third-order valence-corrected chi connectivity index (χ3v) is 6.88. The third-order valence-electron chi connectivity index (χ3n) is 6.88. The van der Waals surface area contributed by atoms with E-state index in [1.54, 1.807) is 10.5 Å². The summed E-state index contributed by atoms with van der Waals surface area (Å²) in [5.41, 5.74) is 1.51. The molecule has 2 aliphatic rings. The maximum atomic E-state index is 14.7. The average Bonchev–Trinajstić information content (AvgIpc) is 3.57. The molecule has 1 amide bonds. The molecule has 6 rings (SSSR count). The molecule has 0 bridgehead atoms. The lowest BCUT2D eigenvalue weighted by Gasteiger charge is -2.26. The summed E-state index contributed by atoms with van der Waals surface area (Å²) in [5, 5.41) is 3.12. The number of hydrogen-bond acceptors (Lipinski definition) is 7. The van der Waals surface area contributed by atoms with Crippen molar-refractivity contribution in [3.63, 3.8) is 0 Å². The zero-order valence-electron chi connectivity index (χ0n) is 20.7. The van der Waals surface area contributed by atoms with Crippen molar-refractivity contribution in [3.8, 4) is 16.9 Å². The molecular formula is C26H22F4N6O3. The van der Waals surface area contributed by atoms with Gasteiger partial charge in [-0.1, -0.05) is 6.07 Å². The normalized spacial score (nSPS) is 14.6. The average molecular weight is 542 g/mol. The minimum atomic E-state index is -4.65. The van der Waals surface area contributed by atoms with Crippen molar-refractivity contribution in [2.45, 2.75) is 25.7 Å². The van der Waals surface area contributed by atoms with Crippen molar-refractivity contribution < 1.29 is 31.8 Å². The first kappa shape index (κ1) is 25.0. The highest BCUT2D eigenvalue weighted by atomic mass is 19.4. The van der Waals surface area contributed by atoms with E-state index in [-0.39, 0.29) is 49.4 Å². The van der Waals surface area contributed by atoms with E-state index in [2.05, 4.69) is 20.3 Å². The van der Waals surface area contributed by atoms with Crippen molar-refractivity contribution in [3.05, 3.63) is 70.8 Å². The molecule has 1 N–H and O–H groups in total. The van der Waals surface area contributed by atoms with Crippen LogP contribution in [0.2, 0.25) is 0 Å². The van der Waals surface area contributed by atoms with E-state index in [0.717, 1.165) is 11.6 Å². The number of aromatic nitrogens is 4. The van der Waals surface area contributed by atoms with E-state index < -0.39 is 17.8 Å². The summed E-state index contributed by atoms with van der Waals surface area (Å²) < 4.78 is 67.4. The topological polar surface area (TPSA) is 93.9 Å². The number of nitrogens with one attached hydrogen (secondary N) is 1. The van der Waals surface area contributed by atoms with Gasteiger partial charge in [0, 0.05) is 55.1 Å². The monoisotopic (exact) mass is 542 g/mol. The Balaban J connectivity index is 1.46. The van der Waals surface area contributed by atoms with Crippen molar-refractivity contribution in [1.29, 1.82) is 0 Å². The van der Waals surface area contributed by atoms with Crippen LogP contribution in [0.1, 0.15) is 33.0 Å². The zero-order valence-corrected chi connectivity index (χ0v) is 20.7. The van der Waals surface area contributed by atoms with Gasteiger partial charge in [-0.2, -0.15) is 13.2 Å². The number of amides is 1. The number of halogens is 4. The number of imidazole rings is 1. The van der Waals surface area contributed by atoms with E-state index in [4.69, 9.17) is 9.47 Å². The lowest BCUT2D eigenvalue weighted by molar-refractivity contribution is -0.141. The summed E-state index contributed by atoms with van der Waals surface area (Å²) in [6.07, 6.45) is -1.20. The van der Waals surface area contributed by atoms with Gasteiger partial charge in [0.25, 0.3) is 5.91 Å². The quantitative estimate of drug-likeness (QED) is 0.367. The number of benzene rings is 1. The number of carbonyl (C=O) groups excluding carboxylic acids is 1. The molecule has 0 saturated carbocycles. The Morgan fingerprint density at radius 2 is 2.00 bits per heavy atom. The predicted octanol–water partition coefficient (Wildman–Crippen LogP) is 4.10. The van der Waals surface area contributed by atoms with Crippen LogP contribution in [0.5, 0.6) is 5.75 Å². The lowest BCUT2D eigenvalue weighted by Crippen LogP contribution is -2.35. The van der Waals surface area contributed by atoms with Crippen LogP contribution in [0.4, 0.5) is 23.5 Å². The van der Waals surface area contributed by atoms with Crippen molar-refractivity contribution >= 4 is 17.4 Å². The zero-order chi connectivity index (χ0) is 27.3. The standard InChI is InChI=1S/C26H22F4N6O3/c1-38-9-7-35-12-19-14(2-5-21(34-19)26(28,29)30)17-11-32-25(36-13-33-22(23(17)36)24(35)37)31-10-16-15-6-8-39-20(15)4-3-18(16)27/h2-5,11,13H,6-10,12H2,1H3,(H,31,32). The summed E-state index contributed by atoms with van der Waals surface area (Å²) in [5.74, 6) is 0.0473. The van der Waals surface area contributed by atoms with Crippen LogP contribution in [0.3, 0.4) is 0 Å². The first-order chi connectivity index (χ1) is 18.8. The molecule has 0 aliphatic carbocycles. The highest BCUT2D eigenvalue weighted by Crippen LogP contribution is 2.37. The van der Waals surface area contributed by atoms with Gasteiger partial charge in [0.1, 0.15) is 23.6 Å². The maximum absolute atomic E-state index is 14.7. The Kier molecular flexibility index (Phi) is 6.09. The van der Waals surface area contributed by atoms with Gasteiger partial charge in [-0.3, -0.25) is 9.20 Å². The molecular weight excluding hydrogens is 520 g/mol. The van der Waals surface area contributed by atoms with Gasteiger partial charge < -0.3 is 19.7 Å². The summed E-state index contributed by atoms with van der Waals surface area (Å²) in [4.78, 5) is 27.6. The first-order valence-electron chi connectivity index (χ1n) is 12.1. The second kappa shape index (κ2) is 9.49. The van der Waals surface area contributed by atoms with E-state index in [9.17, 15) is 22.4 Å². The van der Waals surface area contributed by atoms with Crippen LogP contribution < -0.4 is 10.1 Å². The SMILES string of the molecule is COCCN1Cc2nc(C(F)(F)F)ccc2-c2cnc(NCc3c(F)ccc4c3CCO4)n3cnc(c23)C1=O. The fourth-order valence-electron chi connectivity index (χ4n) is 4.98. The molecule has 0 radical (unpaired) electrons. The molecule has 3 aromatic heterocycles. The molecule has 1 aromatic carbocycles. The van der Waals surface area contributed by atoms with Crippen LogP contribution in [0, 0.1) is 5.82 Å². The number of fused-ring (bicyclic) bond motifs is 3. The maximum Gasteiger partial charge on any atom is 0.433 e. The Morgan fingerprint density at radius 1 is 1.15 bits per heavy atom. The number of nitrogens with zero attached hydrogens (tertiary/aromatic N) is 5. The fourth-order valence-corrected chi connectivity index (χ4v) is 4.98. The third kappa shape index (κ3) is 4.32. The van der Waals surface area contributed by atoms with Crippen LogP contribution >= 0.6 is 0 Å². The minimum Gasteiger partial charge on any atom is -0.493 e. The van der Waals surface area contributed by atoms with E-state index in [1.807, 2.05) is 0 Å². The lowest BCUT2D eigenvalue weighted by atomic mass is 10.0. The van der Waals surface area contributed by atoms with Gasteiger partial charge in [0.05, 0.1) is 31.0 Å². The molecule has 2 aliphatic heterocycles. The number of hydrogen-bond donors (Lipinski definition) is 1. The summed E-state index contributed by atoms with van der Waals surface area (Å²) >= 11 is 0. The number of carbonyl (C=O) groups is 1. The van der Waals surface area contributed by atoms with Gasteiger partial charge in [-0.15, -0.1) is 0 Å². The van der Waals surface area contributed by atoms with Crippen molar-refractivity contribution in [2.24, 2.45) is 0 Å². The van der Waals surface area contributed by atoms with Gasteiger partial charge in [-0.05, 0) is 18.2 Å². The molecule has 9 nitrogen and oxygen atoms in total. The van der Waals surface area contributed by atoms with Crippen LogP contribution in [0.15, 0.2) is 36.8 Å². The van der Waals surface area contributed by atoms with Gasteiger partial charge in [-0.25, -0.2) is 19.3 Å². The molecule has 4 aromatic rings. The van der Waals surface area contributed by atoms with Gasteiger partial charge in [0.2, 0.25) is 5.95 Å². The summed E-state index contributed by atoms with van der Waals surface area (Å²) in [6.45, 7) is 0.690. The van der Waals surface area contributed by atoms with Crippen molar-refractivity contribution in [1.82, 2.24) is 24.3 Å². The number of anilines is 1. The molecule has 5 heterocycles. The highest BCUT2D eigenvalue weighted by Gasteiger charge is 2.35. The Morgan fingerprint density at radius 3 is 2.79 bits per heavy atom. The second-order valence-corrected chi connectivity index (χ2v) is 9.17.